The van der Waals surface area contributed by atoms with Crippen molar-refractivity contribution in [3.05, 3.63) is 87.6 Å². The van der Waals surface area contributed by atoms with Gasteiger partial charge < -0.3 is 14.8 Å². The Kier molecular flexibility index (Phi) is 4.98. The molecule has 1 fully saturated rings. The second-order valence-corrected chi connectivity index (χ2v) is 5.49. The molecule has 0 saturated carbocycles. The minimum atomic E-state index is -0.573. The molecule has 3 rings (SSSR count). The first-order valence-corrected chi connectivity index (χ1v) is 7.81. The molecule has 7 nitrogen and oxygen atoms in total. The van der Waals surface area contributed by atoms with E-state index in [1.165, 1.54) is 12.1 Å². The molecular formula is C19H16N2O5. The van der Waals surface area contributed by atoms with E-state index in [9.17, 15) is 14.9 Å². The molecule has 26 heavy (non-hydrogen) atoms. The van der Waals surface area contributed by atoms with Crippen LogP contribution >= 0.6 is 0 Å². The highest BCUT2D eigenvalue weighted by molar-refractivity contribution is 5.90. The molecule has 2 aromatic rings. The number of methoxy groups -OCH3 is 1. The fourth-order valence-corrected chi connectivity index (χ4v) is 2.43. The van der Waals surface area contributed by atoms with Crippen LogP contribution in [0, 0.1) is 10.1 Å². The van der Waals surface area contributed by atoms with Crippen molar-refractivity contribution in [2.75, 3.05) is 7.11 Å². The van der Waals surface area contributed by atoms with E-state index < -0.39 is 17.1 Å². The van der Waals surface area contributed by atoms with Gasteiger partial charge in [-0.05, 0) is 35.9 Å². The van der Waals surface area contributed by atoms with Gasteiger partial charge in [0.25, 0.3) is 5.69 Å². The monoisotopic (exact) mass is 352 g/mol. The SMILES string of the molecule is COc1cccc(C2N/C(=C\C=C\c3ccc([N+](=O)[O-])cc3)C(=O)O2)c1. The molecule has 0 aromatic heterocycles. The largest absolute Gasteiger partial charge is 0.497 e. The molecular weight excluding hydrogens is 336 g/mol. The smallest absolute Gasteiger partial charge is 0.356 e. The molecule has 1 saturated heterocycles. The summed E-state index contributed by atoms with van der Waals surface area (Å²) >= 11 is 0. The van der Waals surface area contributed by atoms with Gasteiger partial charge in [0, 0.05) is 17.7 Å². The van der Waals surface area contributed by atoms with Crippen LogP contribution in [0.15, 0.2) is 66.4 Å². The molecule has 1 heterocycles. The summed E-state index contributed by atoms with van der Waals surface area (Å²) in [4.78, 5) is 22.2. The Hall–Kier alpha value is -3.61. The third-order valence-corrected chi connectivity index (χ3v) is 3.78. The maximum atomic E-state index is 12.0. The minimum absolute atomic E-state index is 0.0303. The van der Waals surface area contributed by atoms with Gasteiger partial charge in [-0.2, -0.15) is 0 Å². The number of nitrogens with one attached hydrogen (secondary N) is 1. The highest BCUT2D eigenvalue weighted by atomic mass is 16.6. The zero-order valence-electron chi connectivity index (χ0n) is 13.9. The number of nitro benzene ring substituents is 1. The Morgan fingerprint density at radius 3 is 2.69 bits per heavy atom. The summed E-state index contributed by atoms with van der Waals surface area (Å²) in [6.45, 7) is 0. The van der Waals surface area contributed by atoms with Crippen molar-refractivity contribution in [2.24, 2.45) is 0 Å². The van der Waals surface area contributed by atoms with E-state index in [0.29, 0.717) is 11.4 Å². The van der Waals surface area contributed by atoms with Gasteiger partial charge in [0.1, 0.15) is 11.4 Å². The standard InChI is InChI=1S/C19H16N2O5/c1-25-16-6-3-5-14(12-16)18-20-17(19(22)26-18)7-2-4-13-8-10-15(11-9-13)21(23)24/h2-12,18,20H,1H3/b4-2+,17-7-. The van der Waals surface area contributed by atoms with Crippen LogP contribution in [0.25, 0.3) is 6.08 Å². The molecule has 0 spiro atoms. The fourth-order valence-electron chi connectivity index (χ4n) is 2.43. The fraction of sp³-hybridized carbons (Fsp3) is 0.105. The lowest BCUT2D eigenvalue weighted by Crippen LogP contribution is -2.12. The van der Waals surface area contributed by atoms with Crippen LogP contribution in [-0.2, 0) is 9.53 Å². The van der Waals surface area contributed by atoms with E-state index in [0.717, 1.165) is 11.1 Å². The number of esters is 1. The van der Waals surface area contributed by atoms with E-state index in [-0.39, 0.29) is 5.69 Å². The normalized spacial score (nSPS) is 18.0. The van der Waals surface area contributed by atoms with Crippen LogP contribution in [0.5, 0.6) is 5.75 Å². The number of rotatable bonds is 5. The average Bonchev–Trinajstić information content (AvgIpc) is 3.03. The molecule has 1 aliphatic rings. The van der Waals surface area contributed by atoms with Crippen LogP contribution in [0.3, 0.4) is 0 Å². The lowest BCUT2D eigenvalue weighted by atomic mass is 10.2. The second kappa shape index (κ2) is 7.52. The second-order valence-electron chi connectivity index (χ2n) is 5.49. The van der Waals surface area contributed by atoms with Gasteiger partial charge in [0.2, 0.25) is 0 Å². The number of nitro groups is 1. The predicted molar refractivity (Wildman–Crippen MR) is 95.2 cm³/mol. The molecule has 2 aromatic carbocycles. The van der Waals surface area contributed by atoms with Gasteiger partial charge in [0.05, 0.1) is 12.0 Å². The van der Waals surface area contributed by atoms with Gasteiger partial charge in [-0.3, -0.25) is 10.1 Å². The Bertz CT molecular complexity index is 887. The number of carbonyl (C=O) groups excluding carboxylic acids is 1. The van der Waals surface area contributed by atoms with Crippen molar-refractivity contribution in [2.45, 2.75) is 6.23 Å². The highest BCUT2D eigenvalue weighted by Gasteiger charge is 2.28. The number of ether oxygens (including phenoxy) is 2. The summed E-state index contributed by atoms with van der Waals surface area (Å²) in [7, 11) is 1.57. The van der Waals surface area contributed by atoms with E-state index in [1.807, 2.05) is 18.2 Å². The van der Waals surface area contributed by atoms with Crippen molar-refractivity contribution in [3.63, 3.8) is 0 Å². The first kappa shape index (κ1) is 17.2. The molecule has 1 atom stereocenters. The van der Waals surface area contributed by atoms with Gasteiger partial charge in [-0.1, -0.05) is 24.3 Å². The average molecular weight is 352 g/mol. The number of hydrogen-bond acceptors (Lipinski definition) is 6. The third-order valence-electron chi connectivity index (χ3n) is 3.78. The number of hydrogen-bond donors (Lipinski definition) is 1. The number of cyclic esters (lactones) is 1. The number of allylic oxidation sites excluding steroid dienone is 2. The highest BCUT2D eigenvalue weighted by Crippen LogP contribution is 2.26. The van der Waals surface area contributed by atoms with Crippen molar-refractivity contribution < 1.29 is 19.2 Å². The molecule has 0 aliphatic carbocycles. The van der Waals surface area contributed by atoms with Crippen molar-refractivity contribution in [1.29, 1.82) is 0 Å². The van der Waals surface area contributed by atoms with Gasteiger partial charge in [-0.15, -0.1) is 0 Å². The summed E-state index contributed by atoms with van der Waals surface area (Å²) in [5, 5.41) is 13.6. The Balaban J connectivity index is 1.69. The first-order valence-electron chi connectivity index (χ1n) is 7.81. The topological polar surface area (TPSA) is 90.7 Å². The van der Waals surface area contributed by atoms with E-state index >= 15 is 0 Å². The van der Waals surface area contributed by atoms with E-state index in [1.54, 1.807) is 43.5 Å². The zero-order valence-corrected chi connectivity index (χ0v) is 13.9. The summed E-state index contributed by atoms with van der Waals surface area (Å²) in [5.41, 5.74) is 1.92. The van der Waals surface area contributed by atoms with E-state index in [4.69, 9.17) is 9.47 Å². The number of carbonyl (C=O) groups is 1. The van der Waals surface area contributed by atoms with Crippen LogP contribution in [-0.4, -0.2) is 18.0 Å². The van der Waals surface area contributed by atoms with Crippen LogP contribution in [0.2, 0.25) is 0 Å². The Labute approximate surface area is 149 Å². The predicted octanol–water partition coefficient (Wildman–Crippen LogP) is 3.35. The molecule has 1 unspecified atom stereocenters. The molecule has 132 valence electrons. The molecule has 1 aliphatic heterocycles. The number of benzene rings is 2. The maximum Gasteiger partial charge on any atom is 0.356 e. The van der Waals surface area contributed by atoms with Crippen molar-refractivity contribution in [3.8, 4) is 5.75 Å². The number of nitrogens with zero attached hydrogens (tertiary/aromatic N) is 1. The quantitative estimate of drug-likeness (QED) is 0.384. The molecule has 0 bridgehead atoms. The summed E-state index contributed by atoms with van der Waals surface area (Å²) in [6, 6.07) is 13.4. The zero-order chi connectivity index (χ0) is 18.5. The molecule has 7 heteroatoms. The lowest BCUT2D eigenvalue weighted by molar-refractivity contribution is -0.384. The van der Waals surface area contributed by atoms with E-state index in [2.05, 4.69) is 5.32 Å². The molecule has 1 N–H and O–H groups in total. The summed E-state index contributed by atoms with van der Waals surface area (Å²) in [5.74, 6) is 0.224. The summed E-state index contributed by atoms with van der Waals surface area (Å²) in [6.07, 6.45) is 4.45. The maximum absolute atomic E-state index is 12.0. The molecule has 0 radical (unpaired) electrons. The van der Waals surface area contributed by atoms with Gasteiger partial charge in [-0.25, -0.2) is 4.79 Å². The minimum Gasteiger partial charge on any atom is -0.497 e. The first-order chi connectivity index (χ1) is 12.6. The molecule has 0 amide bonds. The third kappa shape index (κ3) is 3.89. The van der Waals surface area contributed by atoms with Crippen LogP contribution in [0.1, 0.15) is 17.4 Å². The van der Waals surface area contributed by atoms with Crippen molar-refractivity contribution in [1.82, 2.24) is 5.32 Å². The summed E-state index contributed by atoms with van der Waals surface area (Å²) < 4.78 is 10.5. The Morgan fingerprint density at radius 2 is 2.00 bits per heavy atom. The Morgan fingerprint density at radius 1 is 1.23 bits per heavy atom. The van der Waals surface area contributed by atoms with Gasteiger partial charge >= 0.3 is 5.97 Å². The van der Waals surface area contributed by atoms with Crippen LogP contribution < -0.4 is 10.1 Å². The number of non-ortho nitro benzene ring substituents is 1. The lowest BCUT2D eigenvalue weighted by Gasteiger charge is -2.10. The van der Waals surface area contributed by atoms with Crippen LogP contribution in [0.4, 0.5) is 5.69 Å². The van der Waals surface area contributed by atoms with Crippen molar-refractivity contribution >= 4 is 17.7 Å². The van der Waals surface area contributed by atoms with Gasteiger partial charge in [0.15, 0.2) is 6.23 Å².